The molecular formula is C10H12F3N3O3. The molecule has 0 spiro atoms. The normalized spacial score (nSPS) is 11.2. The molecule has 0 atom stereocenters. The molecule has 0 fully saturated rings. The van der Waals surface area contributed by atoms with Crippen LogP contribution in [0, 0.1) is 10.1 Å². The standard InChI is InChI=1S/C10H12F3N3O3/c1-2-14-8-5-7(16(17)18)6-9(15-8)19-4-3-10(11,12)13/h5-6H,2-4H2,1H3,(H,14,15). The molecule has 0 aliphatic heterocycles. The molecule has 1 N–H and O–H groups in total. The molecule has 0 aliphatic carbocycles. The molecule has 1 aromatic rings. The number of nitro groups is 1. The first-order chi connectivity index (χ1) is 8.81. The van der Waals surface area contributed by atoms with Gasteiger partial charge in [0, 0.05) is 6.54 Å². The Morgan fingerprint density at radius 1 is 1.47 bits per heavy atom. The average molecular weight is 279 g/mol. The van der Waals surface area contributed by atoms with Crippen LogP contribution in [-0.4, -0.2) is 29.2 Å². The highest BCUT2D eigenvalue weighted by Gasteiger charge is 2.27. The Kier molecular flexibility index (Phi) is 4.90. The summed E-state index contributed by atoms with van der Waals surface area (Å²) in [6.45, 7) is 1.59. The lowest BCUT2D eigenvalue weighted by Crippen LogP contribution is -2.13. The van der Waals surface area contributed by atoms with Crippen molar-refractivity contribution in [1.29, 1.82) is 0 Å². The Bertz CT molecular complexity index is 451. The lowest BCUT2D eigenvalue weighted by Gasteiger charge is -2.09. The van der Waals surface area contributed by atoms with Crippen LogP contribution < -0.4 is 10.1 Å². The summed E-state index contributed by atoms with van der Waals surface area (Å²) in [6, 6.07) is 2.16. The summed E-state index contributed by atoms with van der Waals surface area (Å²) in [6.07, 6.45) is -5.49. The van der Waals surface area contributed by atoms with Gasteiger partial charge in [0.25, 0.3) is 5.69 Å². The SMILES string of the molecule is CCNc1cc([N+](=O)[O-])cc(OCCC(F)(F)F)n1. The largest absolute Gasteiger partial charge is 0.477 e. The number of ether oxygens (including phenoxy) is 1. The van der Waals surface area contributed by atoms with Crippen LogP contribution in [0.3, 0.4) is 0 Å². The van der Waals surface area contributed by atoms with E-state index in [-0.39, 0.29) is 17.4 Å². The van der Waals surface area contributed by atoms with Crippen molar-refractivity contribution in [2.24, 2.45) is 0 Å². The minimum atomic E-state index is -4.34. The second-order valence-electron chi connectivity index (χ2n) is 3.55. The van der Waals surface area contributed by atoms with Crippen LogP contribution in [0.1, 0.15) is 13.3 Å². The molecule has 0 aliphatic rings. The van der Waals surface area contributed by atoms with E-state index in [1.807, 2.05) is 0 Å². The van der Waals surface area contributed by atoms with Crippen molar-refractivity contribution >= 4 is 11.5 Å². The third kappa shape index (κ3) is 5.40. The van der Waals surface area contributed by atoms with Crippen LogP contribution in [0.25, 0.3) is 0 Å². The van der Waals surface area contributed by atoms with E-state index in [1.54, 1.807) is 6.92 Å². The average Bonchev–Trinajstić information content (AvgIpc) is 2.27. The van der Waals surface area contributed by atoms with Gasteiger partial charge < -0.3 is 10.1 Å². The van der Waals surface area contributed by atoms with Gasteiger partial charge >= 0.3 is 6.18 Å². The molecule has 106 valence electrons. The van der Waals surface area contributed by atoms with Crippen molar-refractivity contribution < 1.29 is 22.8 Å². The molecule has 0 radical (unpaired) electrons. The molecule has 0 aromatic carbocycles. The molecule has 1 aromatic heterocycles. The predicted octanol–water partition coefficient (Wildman–Crippen LogP) is 2.75. The van der Waals surface area contributed by atoms with E-state index in [0.717, 1.165) is 6.07 Å². The topological polar surface area (TPSA) is 77.3 Å². The number of alkyl halides is 3. The fraction of sp³-hybridized carbons (Fsp3) is 0.500. The Morgan fingerprint density at radius 3 is 2.68 bits per heavy atom. The lowest BCUT2D eigenvalue weighted by molar-refractivity contribution is -0.384. The lowest BCUT2D eigenvalue weighted by atomic mass is 10.4. The monoisotopic (exact) mass is 279 g/mol. The second kappa shape index (κ2) is 6.21. The van der Waals surface area contributed by atoms with Gasteiger partial charge in [-0.05, 0) is 6.92 Å². The van der Waals surface area contributed by atoms with E-state index >= 15 is 0 Å². The highest BCUT2D eigenvalue weighted by atomic mass is 19.4. The van der Waals surface area contributed by atoms with Gasteiger partial charge in [0.15, 0.2) is 0 Å². The summed E-state index contributed by atoms with van der Waals surface area (Å²) < 4.78 is 40.6. The maximum atomic E-state index is 11.9. The highest BCUT2D eigenvalue weighted by molar-refractivity contribution is 5.48. The van der Waals surface area contributed by atoms with Crippen molar-refractivity contribution in [2.75, 3.05) is 18.5 Å². The Morgan fingerprint density at radius 2 is 2.16 bits per heavy atom. The molecule has 9 heteroatoms. The van der Waals surface area contributed by atoms with Gasteiger partial charge in [0.1, 0.15) is 5.82 Å². The van der Waals surface area contributed by atoms with E-state index in [2.05, 4.69) is 10.3 Å². The highest BCUT2D eigenvalue weighted by Crippen LogP contribution is 2.24. The van der Waals surface area contributed by atoms with Gasteiger partial charge in [-0.2, -0.15) is 18.2 Å². The number of nitrogens with zero attached hydrogens (tertiary/aromatic N) is 2. The Labute approximate surface area is 106 Å². The number of rotatable bonds is 6. The van der Waals surface area contributed by atoms with Crippen molar-refractivity contribution in [1.82, 2.24) is 4.98 Å². The summed E-state index contributed by atoms with van der Waals surface area (Å²) in [5.74, 6) is -0.0342. The number of anilines is 1. The maximum absolute atomic E-state index is 11.9. The number of hydrogen-bond donors (Lipinski definition) is 1. The first kappa shape index (κ1) is 15.0. The van der Waals surface area contributed by atoms with Crippen LogP contribution >= 0.6 is 0 Å². The summed E-state index contributed by atoms with van der Waals surface area (Å²) in [7, 11) is 0. The molecule has 19 heavy (non-hydrogen) atoms. The Balaban J connectivity index is 2.78. The smallest absolute Gasteiger partial charge is 0.392 e. The number of hydrogen-bond acceptors (Lipinski definition) is 5. The van der Waals surface area contributed by atoms with Gasteiger partial charge in [0.05, 0.1) is 30.1 Å². The molecule has 0 saturated carbocycles. The minimum absolute atomic E-state index is 0.179. The van der Waals surface area contributed by atoms with Crippen LogP contribution in [0.2, 0.25) is 0 Å². The van der Waals surface area contributed by atoms with Crippen LogP contribution in [0.15, 0.2) is 12.1 Å². The van der Waals surface area contributed by atoms with E-state index in [0.29, 0.717) is 6.54 Å². The fourth-order valence-electron chi connectivity index (χ4n) is 1.21. The van der Waals surface area contributed by atoms with Gasteiger partial charge in [-0.15, -0.1) is 0 Å². The Hall–Kier alpha value is -2.06. The van der Waals surface area contributed by atoms with Gasteiger partial charge in [-0.25, -0.2) is 0 Å². The molecule has 1 heterocycles. The summed E-state index contributed by atoms with van der Waals surface area (Å²) in [4.78, 5) is 13.8. The maximum Gasteiger partial charge on any atom is 0.392 e. The van der Waals surface area contributed by atoms with Crippen molar-refractivity contribution in [3.8, 4) is 5.88 Å². The first-order valence-corrected chi connectivity index (χ1v) is 5.41. The number of pyridine rings is 1. The third-order valence-corrected chi connectivity index (χ3v) is 1.99. The van der Waals surface area contributed by atoms with E-state index in [4.69, 9.17) is 4.74 Å². The molecule has 0 unspecified atom stereocenters. The van der Waals surface area contributed by atoms with E-state index in [1.165, 1.54) is 6.07 Å². The molecule has 0 saturated heterocycles. The van der Waals surface area contributed by atoms with E-state index < -0.39 is 24.1 Å². The number of nitrogens with one attached hydrogen (secondary N) is 1. The quantitative estimate of drug-likeness (QED) is 0.640. The summed E-state index contributed by atoms with van der Waals surface area (Å²) in [5, 5.41) is 13.4. The molecular weight excluding hydrogens is 267 g/mol. The molecule has 0 amide bonds. The number of halogens is 3. The number of aromatic nitrogens is 1. The molecule has 1 rings (SSSR count). The fourth-order valence-corrected chi connectivity index (χ4v) is 1.21. The van der Waals surface area contributed by atoms with Crippen molar-refractivity contribution in [3.63, 3.8) is 0 Å². The molecule has 6 nitrogen and oxygen atoms in total. The second-order valence-corrected chi connectivity index (χ2v) is 3.55. The third-order valence-electron chi connectivity index (χ3n) is 1.99. The first-order valence-electron chi connectivity index (χ1n) is 5.41. The van der Waals surface area contributed by atoms with Crippen LogP contribution in [0.4, 0.5) is 24.7 Å². The van der Waals surface area contributed by atoms with Gasteiger partial charge in [0.2, 0.25) is 5.88 Å². The zero-order chi connectivity index (χ0) is 14.5. The zero-order valence-corrected chi connectivity index (χ0v) is 10.0. The van der Waals surface area contributed by atoms with Crippen molar-refractivity contribution in [2.45, 2.75) is 19.5 Å². The van der Waals surface area contributed by atoms with Gasteiger partial charge in [-0.3, -0.25) is 10.1 Å². The minimum Gasteiger partial charge on any atom is -0.477 e. The predicted molar refractivity (Wildman–Crippen MR) is 61.2 cm³/mol. The van der Waals surface area contributed by atoms with E-state index in [9.17, 15) is 23.3 Å². The van der Waals surface area contributed by atoms with Gasteiger partial charge in [-0.1, -0.05) is 0 Å². The molecule has 0 bridgehead atoms. The van der Waals surface area contributed by atoms with Crippen LogP contribution in [0.5, 0.6) is 5.88 Å². The van der Waals surface area contributed by atoms with Crippen molar-refractivity contribution in [3.05, 3.63) is 22.2 Å². The summed E-state index contributed by atoms with van der Waals surface area (Å²) in [5.41, 5.74) is -0.298. The zero-order valence-electron chi connectivity index (χ0n) is 10.0. The van der Waals surface area contributed by atoms with Crippen LogP contribution in [-0.2, 0) is 0 Å². The summed E-state index contributed by atoms with van der Waals surface area (Å²) >= 11 is 0.